The molecule has 0 saturated heterocycles. The Bertz CT molecular complexity index is 644. The minimum atomic E-state index is -0.230. The number of hydrogen-bond acceptors (Lipinski definition) is 3. The zero-order valence-corrected chi connectivity index (χ0v) is 14.9. The summed E-state index contributed by atoms with van der Waals surface area (Å²) in [5, 5.41) is 15.3. The second-order valence-electron chi connectivity index (χ2n) is 6.24. The summed E-state index contributed by atoms with van der Waals surface area (Å²) in [4.78, 5) is 16.4. The fourth-order valence-electron chi connectivity index (χ4n) is 2.63. The highest BCUT2D eigenvalue weighted by atomic mass is 16.3. The van der Waals surface area contributed by atoms with Gasteiger partial charge < -0.3 is 15.7 Å². The normalized spacial score (nSPS) is 13.1. The van der Waals surface area contributed by atoms with E-state index in [0.717, 1.165) is 17.7 Å². The van der Waals surface area contributed by atoms with Gasteiger partial charge in [-0.05, 0) is 43.0 Å². The summed E-state index contributed by atoms with van der Waals surface area (Å²) >= 11 is 0. The molecule has 0 saturated carbocycles. The summed E-state index contributed by atoms with van der Waals surface area (Å²) in [6, 6.07) is 13.6. The molecule has 0 aliphatic rings. The largest absolute Gasteiger partial charge is 0.396 e. The zero-order valence-electron chi connectivity index (χ0n) is 14.9. The Hall–Kier alpha value is -2.40. The van der Waals surface area contributed by atoms with Gasteiger partial charge in [-0.1, -0.05) is 37.3 Å². The van der Waals surface area contributed by atoms with E-state index in [1.54, 1.807) is 6.20 Å². The number of carbonyl (C=O) groups excluding carboxylic acids is 1. The van der Waals surface area contributed by atoms with Crippen molar-refractivity contribution in [2.75, 3.05) is 13.2 Å². The number of urea groups is 1. The van der Waals surface area contributed by atoms with E-state index in [1.165, 1.54) is 5.56 Å². The summed E-state index contributed by atoms with van der Waals surface area (Å²) in [6.45, 7) is 4.48. The number of aromatic nitrogens is 1. The molecule has 2 rings (SSSR count). The molecule has 1 aromatic carbocycles. The Morgan fingerprint density at radius 3 is 2.56 bits per heavy atom. The lowest BCUT2D eigenvalue weighted by Gasteiger charge is -2.18. The van der Waals surface area contributed by atoms with E-state index in [0.29, 0.717) is 13.0 Å². The van der Waals surface area contributed by atoms with Gasteiger partial charge in [0.25, 0.3) is 0 Å². The van der Waals surface area contributed by atoms with Gasteiger partial charge in [0.15, 0.2) is 0 Å². The van der Waals surface area contributed by atoms with Crippen LogP contribution in [0.1, 0.15) is 36.7 Å². The predicted molar refractivity (Wildman–Crippen MR) is 99.3 cm³/mol. The Labute approximate surface area is 149 Å². The molecule has 0 bridgehead atoms. The van der Waals surface area contributed by atoms with Crippen LogP contribution in [-0.4, -0.2) is 29.3 Å². The van der Waals surface area contributed by atoms with E-state index in [9.17, 15) is 9.90 Å². The lowest BCUT2D eigenvalue weighted by molar-refractivity contribution is 0.212. The average molecular weight is 341 g/mol. The second-order valence-corrected chi connectivity index (χ2v) is 6.24. The third-order valence-corrected chi connectivity index (χ3v) is 4.27. The van der Waals surface area contributed by atoms with Gasteiger partial charge in [-0.3, -0.25) is 4.98 Å². The number of carbonyl (C=O) groups is 1. The number of rotatable bonds is 8. The van der Waals surface area contributed by atoms with Crippen LogP contribution in [0.2, 0.25) is 0 Å². The fraction of sp³-hybridized carbons (Fsp3) is 0.400. The fourth-order valence-corrected chi connectivity index (χ4v) is 2.63. The van der Waals surface area contributed by atoms with Gasteiger partial charge in [-0.2, -0.15) is 0 Å². The van der Waals surface area contributed by atoms with Gasteiger partial charge in [0, 0.05) is 31.0 Å². The molecule has 0 fully saturated rings. The molecule has 2 atom stereocenters. The number of nitrogens with one attached hydrogen (secondary N) is 2. The molecule has 5 heteroatoms. The monoisotopic (exact) mass is 341 g/mol. The number of aryl methyl sites for hydroxylation is 1. The lowest BCUT2D eigenvalue weighted by Crippen LogP contribution is -2.40. The maximum atomic E-state index is 12.1. The van der Waals surface area contributed by atoms with Crippen LogP contribution in [0.15, 0.2) is 48.7 Å². The molecule has 1 aromatic heterocycles. The molecule has 2 amide bonds. The molecule has 0 aliphatic heterocycles. The van der Waals surface area contributed by atoms with Gasteiger partial charge in [0.05, 0.1) is 6.04 Å². The lowest BCUT2D eigenvalue weighted by atomic mass is 10.0. The van der Waals surface area contributed by atoms with Crippen molar-refractivity contribution in [3.05, 3.63) is 65.5 Å². The number of aliphatic hydroxyl groups excluding tert-OH is 1. The van der Waals surface area contributed by atoms with Crippen LogP contribution < -0.4 is 10.6 Å². The first-order chi connectivity index (χ1) is 12.1. The minimum Gasteiger partial charge on any atom is -0.396 e. The number of nitrogens with zero attached hydrogens (tertiary/aromatic N) is 1. The van der Waals surface area contributed by atoms with Crippen LogP contribution >= 0.6 is 0 Å². The van der Waals surface area contributed by atoms with Gasteiger partial charge in [0.2, 0.25) is 0 Å². The van der Waals surface area contributed by atoms with Gasteiger partial charge in [0.1, 0.15) is 0 Å². The molecule has 1 heterocycles. The Morgan fingerprint density at radius 2 is 1.96 bits per heavy atom. The molecule has 5 nitrogen and oxygen atoms in total. The highest BCUT2D eigenvalue weighted by Gasteiger charge is 2.13. The van der Waals surface area contributed by atoms with E-state index in [4.69, 9.17) is 0 Å². The van der Waals surface area contributed by atoms with Crippen molar-refractivity contribution in [2.24, 2.45) is 5.92 Å². The van der Waals surface area contributed by atoms with Gasteiger partial charge >= 0.3 is 6.03 Å². The van der Waals surface area contributed by atoms with Crippen LogP contribution in [-0.2, 0) is 12.8 Å². The van der Waals surface area contributed by atoms with Gasteiger partial charge in [-0.25, -0.2) is 4.79 Å². The predicted octanol–water partition coefficient (Wildman–Crippen LogP) is 2.86. The van der Waals surface area contributed by atoms with Crippen molar-refractivity contribution in [1.82, 2.24) is 15.6 Å². The highest BCUT2D eigenvalue weighted by molar-refractivity contribution is 5.74. The molecule has 0 radical (unpaired) electrons. The number of aliphatic hydroxyl groups is 1. The van der Waals surface area contributed by atoms with Crippen molar-refractivity contribution >= 4 is 6.03 Å². The van der Waals surface area contributed by atoms with Crippen LogP contribution in [0.25, 0.3) is 0 Å². The summed E-state index contributed by atoms with van der Waals surface area (Å²) < 4.78 is 0. The highest BCUT2D eigenvalue weighted by Crippen LogP contribution is 2.13. The van der Waals surface area contributed by atoms with Crippen LogP contribution in [0.4, 0.5) is 4.79 Å². The van der Waals surface area contributed by atoms with Crippen LogP contribution in [0.5, 0.6) is 0 Å². The van der Waals surface area contributed by atoms with Crippen molar-refractivity contribution in [1.29, 1.82) is 0 Å². The summed E-state index contributed by atoms with van der Waals surface area (Å²) in [6.07, 6.45) is 3.36. The number of pyridine rings is 1. The molecule has 0 spiro atoms. The molecule has 25 heavy (non-hydrogen) atoms. The molecule has 2 aromatic rings. The third kappa shape index (κ3) is 6.19. The zero-order chi connectivity index (χ0) is 18.1. The maximum absolute atomic E-state index is 12.1. The number of hydrogen-bond donors (Lipinski definition) is 3. The molecule has 2 unspecified atom stereocenters. The van der Waals surface area contributed by atoms with E-state index < -0.39 is 0 Å². The van der Waals surface area contributed by atoms with E-state index >= 15 is 0 Å². The quantitative estimate of drug-likeness (QED) is 0.691. The molecule has 0 aliphatic carbocycles. The van der Waals surface area contributed by atoms with Crippen molar-refractivity contribution in [3.63, 3.8) is 0 Å². The summed E-state index contributed by atoms with van der Waals surface area (Å²) in [5.74, 6) is -0.0557. The minimum absolute atomic E-state index is 0.00485. The van der Waals surface area contributed by atoms with Crippen LogP contribution in [0, 0.1) is 5.92 Å². The smallest absolute Gasteiger partial charge is 0.315 e. The second kappa shape index (κ2) is 9.79. The molecule has 134 valence electrons. The van der Waals surface area contributed by atoms with E-state index in [1.807, 2.05) is 37.3 Å². The molecule has 3 N–H and O–H groups in total. The SMILES string of the molecule is CCc1ccc(C(C)NC(=O)NCC(CO)Cc2ccccn2)cc1. The first kappa shape index (κ1) is 18.9. The van der Waals surface area contributed by atoms with E-state index in [2.05, 4.69) is 34.7 Å². The first-order valence-corrected chi connectivity index (χ1v) is 8.76. The number of benzene rings is 1. The number of amides is 2. The van der Waals surface area contributed by atoms with E-state index in [-0.39, 0.29) is 24.6 Å². The Balaban J connectivity index is 1.80. The molecular weight excluding hydrogens is 314 g/mol. The topological polar surface area (TPSA) is 74.2 Å². The first-order valence-electron chi connectivity index (χ1n) is 8.76. The van der Waals surface area contributed by atoms with Crippen molar-refractivity contribution in [2.45, 2.75) is 32.7 Å². The Morgan fingerprint density at radius 1 is 1.20 bits per heavy atom. The standard InChI is InChI=1S/C20H27N3O2/c1-3-16-7-9-18(10-8-16)15(2)23-20(25)22-13-17(14-24)12-19-6-4-5-11-21-19/h4-11,15,17,24H,3,12-14H2,1-2H3,(H2,22,23,25). The van der Waals surface area contributed by atoms with Crippen molar-refractivity contribution < 1.29 is 9.90 Å². The molecular formula is C20H27N3O2. The van der Waals surface area contributed by atoms with Gasteiger partial charge in [-0.15, -0.1) is 0 Å². The van der Waals surface area contributed by atoms with Crippen LogP contribution in [0.3, 0.4) is 0 Å². The Kier molecular flexibility index (Phi) is 7.41. The summed E-state index contributed by atoms with van der Waals surface area (Å²) in [5.41, 5.74) is 3.26. The maximum Gasteiger partial charge on any atom is 0.315 e. The third-order valence-electron chi connectivity index (χ3n) is 4.27. The average Bonchev–Trinajstić information content (AvgIpc) is 2.66. The van der Waals surface area contributed by atoms with Crippen molar-refractivity contribution in [3.8, 4) is 0 Å². The summed E-state index contributed by atoms with van der Waals surface area (Å²) in [7, 11) is 0.